The highest BCUT2D eigenvalue weighted by atomic mass is 35.5. The molecule has 0 aliphatic heterocycles. The van der Waals surface area contributed by atoms with E-state index >= 15 is 0 Å². The van der Waals surface area contributed by atoms with E-state index < -0.39 is 10.7 Å². The molecular formula is C11H17Cl3N4O3. The molecule has 7 nitrogen and oxygen atoms in total. The summed E-state index contributed by atoms with van der Waals surface area (Å²) in [4.78, 5) is 26.2. The number of nitrogens with zero attached hydrogens (tertiary/aromatic N) is 4. The number of imidazole rings is 1. The van der Waals surface area contributed by atoms with E-state index in [1.165, 1.54) is 10.9 Å². The summed E-state index contributed by atoms with van der Waals surface area (Å²) in [6, 6.07) is 0. The Morgan fingerprint density at radius 1 is 1.43 bits per heavy atom. The van der Waals surface area contributed by atoms with Gasteiger partial charge in [0.15, 0.2) is 5.69 Å². The highest BCUT2D eigenvalue weighted by Crippen LogP contribution is 2.17. The van der Waals surface area contributed by atoms with Gasteiger partial charge in [0.25, 0.3) is 0 Å². The van der Waals surface area contributed by atoms with E-state index in [4.69, 9.17) is 23.2 Å². The van der Waals surface area contributed by atoms with Crippen LogP contribution in [0.15, 0.2) is 6.33 Å². The maximum atomic E-state index is 12.4. The average molecular weight is 360 g/mol. The zero-order chi connectivity index (χ0) is 15.3. The van der Waals surface area contributed by atoms with Gasteiger partial charge in [0, 0.05) is 7.05 Å². The molecule has 0 aliphatic rings. The van der Waals surface area contributed by atoms with Crippen molar-refractivity contribution in [3.63, 3.8) is 0 Å². The van der Waals surface area contributed by atoms with Crippen LogP contribution in [0.2, 0.25) is 0 Å². The van der Waals surface area contributed by atoms with Crippen molar-refractivity contribution in [2.75, 3.05) is 38.4 Å². The van der Waals surface area contributed by atoms with Gasteiger partial charge < -0.3 is 31.6 Å². The van der Waals surface area contributed by atoms with Crippen molar-refractivity contribution >= 4 is 34.8 Å². The van der Waals surface area contributed by atoms with Crippen molar-refractivity contribution in [2.24, 2.45) is 7.05 Å². The Bertz CT molecular complexity index is 501. The van der Waals surface area contributed by atoms with Crippen molar-refractivity contribution in [3.05, 3.63) is 22.1 Å². The second-order valence-corrected chi connectivity index (χ2v) is 5.57. The molecule has 0 amide bonds. The number of carbonyl (C=O) groups excluding carboxylic acids is 1. The standard InChI is InChI=1S/C11H17Cl2N4O3.ClH/c1-15-8-14-11(16(19)20)10(15)9(18)7-17(2,5-3-12)6-4-13;/h8H,3-7H2,1-2H3;1H/q+1;/p-1. The zero-order valence-corrected chi connectivity index (χ0v) is 14.0. The number of Topliss-reactive ketones (excluding diaryl/α,β-unsaturated/α-hetero) is 1. The van der Waals surface area contributed by atoms with Crippen molar-refractivity contribution in [1.29, 1.82) is 0 Å². The highest BCUT2D eigenvalue weighted by molar-refractivity contribution is 6.18. The number of halogens is 3. The quantitative estimate of drug-likeness (QED) is 0.185. The number of hydrogen-bond donors (Lipinski definition) is 0. The van der Waals surface area contributed by atoms with E-state index in [2.05, 4.69) is 4.98 Å². The molecule has 0 N–H and O–H groups in total. The van der Waals surface area contributed by atoms with Crippen LogP contribution >= 0.6 is 23.2 Å². The number of aryl methyl sites for hydroxylation is 1. The maximum Gasteiger partial charge on any atom is 0.393 e. The Labute approximate surface area is 139 Å². The van der Waals surface area contributed by atoms with E-state index in [9.17, 15) is 14.9 Å². The Hall–Kier alpha value is -0.890. The number of likely N-dealkylation sites (N-methyl/N-ethyl adjacent to an activating group) is 1. The molecule has 0 fully saturated rings. The van der Waals surface area contributed by atoms with Crippen LogP contribution < -0.4 is 12.4 Å². The molecule has 10 heteroatoms. The first-order valence-corrected chi connectivity index (χ1v) is 7.06. The lowest BCUT2D eigenvalue weighted by atomic mass is 10.2. The number of ketones is 1. The fourth-order valence-electron chi connectivity index (χ4n) is 1.97. The third-order valence-corrected chi connectivity index (χ3v) is 3.47. The minimum absolute atomic E-state index is 0. The molecule has 1 rings (SSSR count). The van der Waals surface area contributed by atoms with Crippen molar-refractivity contribution in [1.82, 2.24) is 9.55 Å². The Morgan fingerprint density at radius 2 is 1.95 bits per heavy atom. The van der Waals surface area contributed by atoms with Crippen LogP contribution in [0, 0.1) is 10.1 Å². The lowest BCUT2D eigenvalue weighted by Gasteiger charge is -2.32. The zero-order valence-electron chi connectivity index (χ0n) is 11.8. The summed E-state index contributed by atoms with van der Waals surface area (Å²) < 4.78 is 1.71. The van der Waals surface area contributed by atoms with E-state index in [1.54, 1.807) is 7.05 Å². The summed E-state index contributed by atoms with van der Waals surface area (Å²) in [5, 5.41) is 10.9. The van der Waals surface area contributed by atoms with E-state index in [0.717, 1.165) is 0 Å². The Kier molecular flexibility index (Phi) is 8.17. The summed E-state index contributed by atoms with van der Waals surface area (Å²) in [6.07, 6.45) is 1.26. The fourth-order valence-corrected chi connectivity index (χ4v) is 2.79. The molecule has 0 bridgehead atoms. The average Bonchev–Trinajstić information content (AvgIpc) is 2.71. The molecule has 21 heavy (non-hydrogen) atoms. The van der Waals surface area contributed by atoms with Gasteiger partial charge in [-0.15, -0.1) is 23.2 Å². The first-order chi connectivity index (χ1) is 9.34. The molecule has 0 radical (unpaired) electrons. The molecule has 1 heterocycles. The van der Waals surface area contributed by atoms with Crippen molar-refractivity contribution < 1.29 is 26.6 Å². The van der Waals surface area contributed by atoms with Crippen molar-refractivity contribution in [3.8, 4) is 0 Å². The molecule has 1 aromatic heterocycles. The second kappa shape index (κ2) is 8.53. The van der Waals surface area contributed by atoms with Crippen LogP contribution in [0.4, 0.5) is 5.82 Å². The SMILES string of the molecule is Cn1cnc([N+](=O)[O-])c1C(=O)C[N+](C)(CCCl)CCCl.[Cl-]. The van der Waals surface area contributed by atoms with Crippen LogP contribution in [-0.4, -0.2) is 63.2 Å². The van der Waals surface area contributed by atoms with Crippen LogP contribution in [0.1, 0.15) is 10.5 Å². The molecular weight excluding hydrogens is 343 g/mol. The third-order valence-electron chi connectivity index (χ3n) is 3.13. The Morgan fingerprint density at radius 3 is 2.38 bits per heavy atom. The van der Waals surface area contributed by atoms with Gasteiger partial charge in [-0.05, 0) is 9.91 Å². The van der Waals surface area contributed by atoms with Gasteiger partial charge in [-0.3, -0.25) is 4.79 Å². The molecule has 0 spiro atoms. The van der Waals surface area contributed by atoms with Crippen molar-refractivity contribution in [2.45, 2.75) is 0 Å². The van der Waals surface area contributed by atoms with Gasteiger partial charge in [0.2, 0.25) is 12.1 Å². The van der Waals surface area contributed by atoms with E-state index in [-0.39, 0.29) is 30.4 Å². The van der Waals surface area contributed by atoms with Crippen LogP contribution in [0.3, 0.4) is 0 Å². The molecule has 0 atom stereocenters. The lowest BCUT2D eigenvalue weighted by Crippen LogP contribution is -3.00. The van der Waals surface area contributed by atoms with Crippen LogP contribution in [0.25, 0.3) is 0 Å². The summed E-state index contributed by atoms with van der Waals surface area (Å²) in [7, 11) is 3.41. The van der Waals surface area contributed by atoms with E-state index in [1.807, 2.05) is 7.05 Å². The van der Waals surface area contributed by atoms with E-state index in [0.29, 0.717) is 29.3 Å². The lowest BCUT2D eigenvalue weighted by molar-refractivity contribution is -0.896. The predicted molar refractivity (Wildman–Crippen MR) is 76.4 cm³/mol. The maximum absolute atomic E-state index is 12.4. The molecule has 0 saturated carbocycles. The molecule has 1 aromatic rings. The first kappa shape index (κ1) is 20.1. The molecule has 0 saturated heterocycles. The number of carbonyl (C=O) groups is 1. The molecule has 120 valence electrons. The normalized spacial score (nSPS) is 11.0. The number of aromatic nitrogens is 2. The third kappa shape index (κ3) is 5.10. The summed E-state index contributed by atoms with van der Waals surface area (Å²) >= 11 is 11.5. The fraction of sp³-hybridized carbons (Fsp3) is 0.636. The summed E-state index contributed by atoms with van der Waals surface area (Å²) in [5.74, 6) is 0.0118. The van der Waals surface area contributed by atoms with Crippen LogP contribution in [0.5, 0.6) is 0 Å². The van der Waals surface area contributed by atoms with Crippen LogP contribution in [-0.2, 0) is 7.05 Å². The predicted octanol–water partition coefficient (Wildman–Crippen LogP) is -1.56. The number of quaternary nitrogens is 1. The van der Waals surface area contributed by atoms with Gasteiger partial charge in [-0.25, -0.2) is 0 Å². The monoisotopic (exact) mass is 358 g/mol. The minimum Gasteiger partial charge on any atom is -1.00 e. The second-order valence-electron chi connectivity index (χ2n) is 4.81. The summed E-state index contributed by atoms with van der Waals surface area (Å²) in [6.45, 7) is 1.22. The highest BCUT2D eigenvalue weighted by Gasteiger charge is 2.32. The minimum atomic E-state index is -0.652. The molecule has 0 unspecified atom stereocenters. The number of rotatable bonds is 8. The number of alkyl halides is 2. The van der Waals surface area contributed by atoms with Gasteiger partial charge in [0.1, 0.15) is 6.54 Å². The Balaban J connectivity index is 0.00000400. The first-order valence-electron chi connectivity index (χ1n) is 5.99. The number of nitro groups is 1. The number of hydrogen-bond acceptors (Lipinski definition) is 4. The van der Waals surface area contributed by atoms with Gasteiger partial charge in [-0.2, -0.15) is 0 Å². The molecule has 0 aromatic carbocycles. The van der Waals surface area contributed by atoms with Gasteiger partial charge >= 0.3 is 5.82 Å². The summed E-state index contributed by atoms with van der Waals surface area (Å²) in [5.41, 5.74) is 0.00324. The smallest absolute Gasteiger partial charge is 0.393 e. The topological polar surface area (TPSA) is 78.0 Å². The largest absolute Gasteiger partial charge is 1.00 e. The van der Waals surface area contributed by atoms with Gasteiger partial charge in [-0.1, -0.05) is 0 Å². The van der Waals surface area contributed by atoms with Gasteiger partial charge in [0.05, 0.1) is 31.9 Å². The molecule has 0 aliphatic carbocycles.